The van der Waals surface area contributed by atoms with Crippen molar-refractivity contribution in [3.05, 3.63) is 82.2 Å². The molecule has 3 heteroatoms. The molecule has 0 fully saturated rings. The van der Waals surface area contributed by atoms with Gasteiger partial charge in [-0.3, -0.25) is 0 Å². The second-order valence-corrected chi connectivity index (χ2v) is 6.14. The Morgan fingerprint density at radius 2 is 1.92 bits per heavy atom. The lowest BCUT2D eigenvalue weighted by molar-refractivity contribution is 0.815. The van der Waals surface area contributed by atoms with Crippen LogP contribution in [-0.2, 0) is 13.0 Å². The first kappa shape index (κ1) is 19.5. The molecule has 0 saturated heterocycles. The molecule has 128 valence electrons. The van der Waals surface area contributed by atoms with Gasteiger partial charge in [0.1, 0.15) is 0 Å². The summed E-state index contributed by atoms with van der Waals surface area (Å²) in [7, 11) is 0. The summed E-state index contributed by atoms with van der Waals surface area (Å²) in [5, 5.41) is 10.8. The molecule has 0 unspecified atom stereocenters. The molecule has 0 amide bonds. The van der Waals surface area contributed by atoms with Crippen molar-refractivity contribution in [3.63, 3.8) is 0 Å². The second-order valence-electron chi connectivity index (χ2n) is 6.14. The standard InChI is InChI=1S/C21H29N3/c1-7-18-10-15(4)8-9-19(18)13-24-17(6)16(5)11-21(23)20(12-22)14(2)3/h8-12,22,24H,5-7,13,23H2,1-4H3/b21-11+,22-12?. The van der Waals surface area contributed by atoms with Crippen molar-refractivity contribution in [3.8, 4) is 0 Å². The SMILES string of the molecule is C=C(/C=C(/N)C(C=N)=C(C)C)C(=C)NCc1ccc(C)cc1CC. The van der Waals surface area contributed by atoms with Crippen LogP contribution in [0.2, 0.25) is 0 Å². The quantitative estimate of drug-likeness (QED) is 0.485. The van der Waals surface area contributed by atoms with Crippen LogP contribution in [0.4, 0.5) is 0 Å². The van der Waals surface area contributed by atoms with Crippen molar-refractivity contribution < 1.29 is 0 Å². The third-order valence-corrected chi connectivity index (χ3v) is 3.95. The van der Waals surface area contributed by atoms with Gasteiger partial charge >= 0.3 is 0 Å². The van der Waals surface area contributed by atoms with Gasteiger partial charge in [0, 0.05) is 29.7 Å². The van der Waals surface area contributed by atoms with Crippen molar-refractivity contribution >= 4 is 6.21 Å². The molecule has 1 aromatic carbocycles. The number of rotatable bonds is 8. The molecular formula is C21H29N3. The molecule has 24 heavy (non-hydrogen) atoms. The smallest absolute Gasteiger partial charge is 0.0408 e. The van der Waals surface area contributed by atoms with E-state index >= 15 is 0 Å². The van der Waals surface area contributed by atoms with E-state index in [0.717, 1.165) is 28.8 Å². The molecule has 0 radical (unpaired) electrons. The number of benzene rings is 1. The highest BCUT2D eigenvalue weighted by molar-refractivity contribution is 5.83. The van der Waals surface area contributed by atoms with E-state index in [2.05, 4.69) is 50.5 Å². The van der Waals surface area contributed by atoms with Gasteiger partial charge in [0.05, 0.1) is 0 Å². The van der Waals surface area contributed by atoms with Crippen molar-refractivity contribution in [2.75, 3.05) is 0 Å². The van der Waals surface area contributed by atoms with Crippen molar-refractivity contribution in [1.29, 1.82) is 5.41 Å². The zero-order chi connectivity index (χ0) is 18.3. The van der Waals surface area contributed by atoms with Gasteiger partial charge in [0.15, 0.2) is 0 Å². The lowest BCUT2D eigenvalue weighted by atomic mass is 10.0. The van der Waals surface area contributed by atoms with Crippen LogP contribution in [0.5, 0.6) is 0 Å². The van der Waals surface area contributed by atoms with E-state index < -0.39 is 0 Å². The molecule has 0 atom stereocenters. The van der Waals surface area contributed by atoms with Gasteiger partial charge in [-0.05, 0) is 50.0 Å². The van der Waals surface area contributed by atoms with E-state index in [0.29, 0.717) is 12.2 Å². The van der Waals surface area contributed by atoms with E-state index in [9.17, 15) is 0 Å². The van der Waals surface area contributed by atoms with E-state index in [-0.39, 0.29) is 0 Å². The Hall–Kier alpha value is -2.55. The molecule has 1 rings (SSSR count). The highest BCUT2D eigenvalue weighted by atomic mass is 14.9. The molecular weight excluding hydrogens is 294 g/mol. The van der Waals surface area contributed by atoms with Gasteiger partial charge < -0.3 is 16.5 Å². The maximum atomic E-state index is 7.46. The Balaban J connectivity index is 2.80. The fourth-order valence-corrected chi connectivity index (χ4v) is 2.44. The predicted molar refractivity (Wildman–Crippen MR) is 105 cm³/mol. The topological polar surface area (TPSA) is 61.9 Å². The molecule has 0 aromatic heterocycles. The summed E-state index contributed by atoms with van der Waals surface area (Å²) in [4.78, 5) is 0. The Morgan fingerprint density at radius 1 is 1.25 bits per heavy atom. The lowest BCUT2D eigenvalue weighted by Gasteiger charge is -2.14. The average molecular weight is 323 g/mol. The zero-order valence-electron chi connectivity index (χ0n) is 15.3. The summed E-state index contributed by atoms with van der Waals surface area (Å²) < 4.78 is 0. The van der Waals surface area contributed by atoms with Crippen LogP contribution in [-0.4, -0.2) is 6.21 Å². The largest absolute Gasteiger partial charge is 0.398 e. The molecule has 0 aliphatic heterocycles. The van der Waals surface area contributed by atoms with Gasteiger partial charge in [0.25, 0.3) is 0 Å². The number of aryl methyl sites for hydroxylation is 2. The average Bonchev–Trinajstić information content (AvgIpc) is 2.53. The molecule has 4 N–H and O–H groups in total. The van der Waals surface area contributed by atoms with E-state index in [1.807, 2.05) is 13.8 Å². The number of hydrogen-bond donors (Lipinski definition) is 3. The summed E-state index contributed by atoms with van der Waals surface area (Å²) in [5.41, 5.74) is 13.6. The summed E-state index contributed by atoms with van der Waals surface area (Å²) >= 11 is 0. The van der Waals surface area contributed by atoms with E-state index in [1.54, 1.807) is 6.08 Å². The molecule has 0 saturated carbocycles. The number of hydrogen-bond acceptors (Lipinski definition) is 3. The first-order valence-electron chi connectivity index (χ1n) is 8.16. The minimum absolute atomic E-state index is 0.530. The van der Waals surface area contributed by atoms with Crippen molar-refractivity contribution in [2.45, 2.75) is 40.7 Å². The van der Waals surface area contributed by atoms with Gasteiger partial charge in [0.2, 0.25) is 0 Å². The molecule has 0 spiro atoms. The molecule has 0 aliphatic rings. The summed E-state index contributed by atoms with van der Waals surface area (Å²) in [6.45, 7) is 16.9. The predicted octanol–water partition coefficient (Wildman–Crippen LogP) is 4.55. The molecule has 0 bridgehead atoms. The van der Waals surface area contributed by atoms with Gasteiger partial charge in [-0.15, -0.1) is 0 Å². The maximum Gasteiger partial charge on any atom is 0.0408 e. The molecule has 3 nitrogen and oxygen atoms in total. The van der Waals surface area contributed by atoms with Crippen molar-refractivity contribution in [1.82, 2.24) is 5.32 Å². The van der Waals surface area contributed by atoms with Crippen molar-refractivity contribution in [2.24, 2.45) is 5.73 Å². The van der Waals surface area contributed by atoms with Crippen LogP contribution >= 0.6 is 0 Å². The summed E-state index contributed by atoms with van der Waals surface area (Å²) in [5.74, 6) is 0. The first-order chi connectivity index (χ1) is 11.3. The van der Waals surface area contributed by atoms with Gasteiger partial charge in [-0.2, -0.15) is 0 Å². The lowest BCUT2D eigenvalue weighted by Crippen LogP contribution is -2.15. The Kier molecular flexibility index (Phi) is 7.25. The third-order valence-electron chi connectivity index (χ3n) is 3.95. The number of allylic oxidation sites excluding steroid dienone is 3. The van der Waals surface area contributed by atoms with Gasteiger partial charge in [-0.1, -0.05) is 49.4 Å². The van der Waals surface area contributed by atoms with Crippen LogP contribution in [0.15, 0.2) is 65.5 Å². The van der Waals surface area contributed by atoms with Crippen LogP contribution in [0, 0.1) is 12.3 Å². The molecule has 0 heterocycles. The first-order valence-corrected chi connectivity index (χ1v) is 8.16. The summed E-state index contributed by atoms with van der Waals surface area (Å²) in [6.07, 6.45) is 4.03. The fraction of sp³-hybridized carbons (Fsp3) is 0.286. The monoisotopic (exact) mass is 323 g/mol. The Bertz CT molecular complexity index is 702. The third kappa shape index (κ3) is 5.27. The highest BCUT2D eigenvalue weighted by Gasteiger charge is 2.05. The molecule has 1 aromatic rings. The zero-order valence-corrected chi connectivity index (χ0v) is 15.3. The minimum atomic E-state index is 0.530. The maximum absolute atomic E-state index is 7.46. The number of nitrogens with two attached hydrogens (primary N) is 1. The summed E-state index contributed by atoms with van der Waals surface area (Å²) in [6, 6.07) is 6.49. The Labute approximate surface area is 146 Å². The van der Waals surface area contributed by atoms with Crippen LogP contribution in [0.1, 0.15) is 37.5 Å². The van der Waals surface area contributed by atoms with Gasteiger partial charge in [-0.25, -0.2) is 0 Å². The second kappa shape index (κ2) is 8.92. The highest BCUT2D eigenvalue weighted by Crippen LogP contribution is 2.15. The minimum Gasteiger partial charge on any atom is -0.398 e. The van der Waals surface area contributed by atoms with Crippen LogP contribution < -0.4 is 11.1 Å². The Morgan fingerprint density at radius 3 is 2.46 bits per heavy atom. The molecule has 0 aliphatic carbocycles. The normalized spacial score (nSPS) is 10.9. The van der Waals surface area contributed by atoms with Crippen LogP contribution in [0.25, 0.3) is 0 Å². The fourth-order valence-electron chi connectivity index (χ4n) is 2.44. The van der Waals surface area contributed by atoms with E-state index in [4.69, 9.17) is 11.1 Å². The van der Waals surface area contributed by atoms with E-state index in [1.165, 1.54) is 22.9 Å². The number of nitrogens with one attached hydrogen (secondary N) is 2. The van der Waals surface area contributed by atoms with Crippen LogP contribution in [0.3, 0.4) is 0 Å².